The average Bonchev–Trinajstić information content (AvgIpc) is 2.52. The molecule has 0 radical (unpaired) electrons. The van der Waals surface area contributed by atoms with E-state index in [-0.39, 0.29) is 23.9 Å². The number of ether oxygens (including phenoxy) is 1. The maximum atomic E-state index is 13.0. The second-order valence-corrected chi connectivity index (χ2v) is 6.98. The van der Waals surface area contributed by atoms with Gasteiger partial charge >= 0.3 is 0 Å². The van der Waals surface area contributed by atoms with Crippen LogP contribution in [0, 0.1) is 5.92 Å². The fourth-order valence-corrected chi connectivity index (χ4v) is 3.45. The lowest BCUT2D eigenvalue weighted by Crippen LogP contribution is -2.54. The SMILES string of the molecule is CC(C)C[C@@H](C(=O)N(C)C1CCOCC1)N1CCCCC1=O. The minimum Gasteiger partial charge on any atom is -0.381 e. The van der Waals surface area contributed by atoms with E-state index in [4.69, 9.17) is 4.74 Å². The topological polar surface area (TPSA) is 49.9 Å². The molecule has 5 heteroatoms. The van der Waals surface area contributed by atoms with Gasteiger partial charge in [0.1, 0.15) is 6.04 Å². The van der Waals surface area contributed by atoms with E-state index in [0.717, 1.165) is 51.9 Å². The van der Waals surface area contributed by atoms with Gasteiger partial charge in [-0.2, -0.15) is 0 Å². The third-order valence-electron chi connectivity index (χ3n) is 4.80. The fraction of sp³-hybridized carbons (Fsp3) is 0.882. The van der Waals surface area contributed by atoms with Crippen LogP contribution in [-0.4, -0.2) is 60.5 Å². The molecule has 2 aliphatic heterocycles. The molecule has 2 heterocycles. The van der Waals surface area contributed by atoms with Gasteiger partial charge in [-0.3, -0.25) is 9.59 Å². The molecule has 1 atom stereocenters. The van der Waals surface area contributed by atoms with E-state index in [9.17, 15) is 9.59 Å². The molecule has 2 rings (SSSR count). The molecule has 126 valence electrons. The molecule has 0 aromatic carbocycles. The van der Waals surface area contributed by atoms with Crippen LogP contribution >= 0.6 is 0 Å². The van der Waals surface area contributed by atoms with Crippen LogP contribution in [0.1, 0.15) is 52.4 Å². The van der Waals surface area contributed by atoms with Gasteiger partial charge in [-0.15, -0.1) is 0 Å². The van der Waals surface area contributed by atoms with Crippen LogP contribution in [0.2, 0.25) is 0 Å². The number of nitrogens with zero attached hydrogens (tertiary/aromatic N) is 2. The van der Waals surface area contributed by atoms with Crippen molar-refractivity contribution >= 4 is 11.8 Å². The van der Waals surface area contributed by atoms with Crippen LogP contribution < -0.4 is 0 Å². The monoisotopic (exact) mass is 310 g/mol. The van der Waals surface area contributed by atoms with Crippen molar-refractivity contribution in [1.82, 2.24) is 9.80 Å². The summed E-state index contributed by atoms with van der Waals surface area (Å²) in [5.41, 5.74) is 0. The minimum atomic E-state index is -0.291. The largest absolute Gasteiger partial charge is 0.381 e. The third-order valence-corrected chi connectivity index (χ3v) is 4.80. The highest BCUT2D eigenvalue weighted by Crippen LogP contribution is 2.22. The first-order valence-electron chi connectivity index (χ1n) is 8.64. The Balaban J connectivity index is 2.09. The number of amides is 2. The van der Waals surface area contributed by atoms with Crippen molar-refractivity contribution < 1.29 is 14.3 Å². The summed E-state index contributed by atoms with van der Waals surface area (Å²) in [5, 5.41) is 0. The van der Waals surface area contributed by atoms with Gasteiger partial charge in [-0.25, -0.2) is 0 Å². The van der Waals surface area contributed by atoms with Crippen molar-refractivity contribution in [3.63, 3.8) is 0 Å². The van der Waals surface area contributed by atoms with E-state index in [0.29, 0.717) is 12.3 Å². The summed E-state index contributed by atoms with van der Waals surface area (Å²) in [6.07, 6.45) is 5.08. The lowest BCUT2D eigenvalue weighted by molar-refractivity contribution is -0.149. The Kier molecular flexibility index (Phi) is 6.24. The van der Waals surface area contributed by atoms with Crippen LogP contribution in [0.5, 0.6) is 0 Å². The molecule has 0 aromatic heterocycles. The Hall–Kier alpha value is -1.10. The third kappa shape index (κ3) is 4.22. The first-order chi connectivity index (χ1) is 10.5. The standard InChI is InChI=1S/C17H30N2O3/c1-13(2)12-15(19-9-5-4-6-16(19)20)17(21)18(3)14-7-10-22-11-8-14/h13-15H,4-12H2,1-3H3/t15-/m0/s1. The molecule has 2 aliphatic rings. The summed E-state index contributed by atoms with van der Waals surface area (Å²) >= 11 is 0. The van der Waals surface area contributed by atoms with Crippen LogP contribution in [0.15, 0.2) is 0 Å². The molecule has 2 amide bonds. The highest BCUT2D eigenvalue weighted by atomic mass is 16.5. The second kappa shape index (κ2) is 7.95. The normalized spacial score (nSPS) is 22.0. The Morgan fingerprint density at radius 1 is 1.32 bits per heavy atom. The van der Waals surface area contributed by atoms with Crippen molar-refractivity contribution in [2.75, 3.05) is 26.8 Å². The highest BCUT2D eigenvalue weighted by molar-refractivity contribution is 5.88. The molecule has 0 spiro atoms. The fourth-order valence-electron chi connectivity index (χ4n) is 3.45. The number of hydrogen-bond acceptors (Lipinski definition) is 3. The molecule has 0 saturated carbocycles. The van der Waals surface area contributed by atoms with E-state index in [2.05, 4.69) is 13.8 Å². The molecule has 0 aliphatic carbocycles. The lowest BCUT2D eigenvalue weighted by Gasteiger charge is -2.39. The molecule has 0 unspecified atom stereocenters. The average molecular weight is 310 g/mol. The molecular weight excluding hydrogens is 280 g/mol. The van der Waals surface area contributed by atoms with Crippen LogP contribution in [0.25, 0.3) is 0 Å². The van der Waals surface area contributed by atoms with Crippen LogP contribution in [-0.2, 0) is 14.3 Å². The van der Waals surface area contributed by atoms with E-state index < -0.39 is 0 Å². The molecule has 2 saturated heterocycles. The van der Waals surface area contributed by atoms with Crippen molar-refractivity contribution in [3.05, 3.63) is 0 Å². The van der Waals surface area contributed by atoms with E-state index >= 15 is 0 Å². The zero-order valence-electron chi connectivity index (χ0n) is 14.2. The van der Waals surface area contributed by atoms with Gasteiger partial charge in [-0.1, -0.05) is 13.8 Å². The molecular formula is C17H30N2O3. The number of carbonyl (C=O) groups is 2. The van der Waals surface area contributed by atoms with Crippen molar-refractivity contribution in [2.24, 2.45) is 5.92 Å². The summed E-state index contributed by atoms with van der Waals surface area (Å²) < 4.78 is 5.39. The Bertz CT molecular complexity index is 391. The maximum Gasteiger partial charge on any atom is 0.245 e. The summed E-state index contributed by atoms with van der Waals surface area (Å²) in [5.74, 6) is 0.647. The predicted octanol–water partition coefficient (Wildman–Crippen LogP) is 2.05. The predicted molar refractivity (Wildman–Crippen MR) is 85.4 cm³/mol. The molecule has 0 bridgehead atoms. The zero-order chi connectivity index (χ0) is 16.1. The molecule has 5 nitrogen and oxygen atoms in total. The molecule has 0 N–H and O–H groups in total. The summed E-state index contributed by atoms with van der Waals surface area (Å²) in [7, 11) is 1.89. The van der Waals surface area contributed by atoms with E-state index in [1.807, 2.05) is 16.8 Å². The summed E-state index contributed by atoms with van der Waals surface area (Å²) in [4.78, 5) is 29.0. The van der Waals surface area contributed by atoms with Gasteiger partial charge in [0.2, 0.25) is 11.8 Å². The smallest absolute Gasteiger partial charge is 0.245 e. The first kappa shape index (κ1) is 17.3. The molecule has 0 aromatic rings. The van der Waals surface area contributed by atoms with E-state index in [1.54, 1.807) is 0 Å². The van der Waals surface area contributed by atoms with Crippen molar-refractivity contribution in [2.45, 2.75) is 64.5 Å². The van der Waals surface area contributed by atoms with Crippen LogP contribution in [0.4, 0.5) is 0 Å². The first-order valence-corrected chi connectivity index (χ1v) is 8.64. The van der Waals surface area contributed by atoms with E-state index in [1.165, 1.54) is 0 Å². The van der Waals surface area contributed by atoms with Gasteiger partial charge in [0.25, 0.3) is 0 Å². The van der Waals surface area contributed by atoms with Crippen molar-refractivity contribution in [1.29, 1.82) is 0 Å². The number of likely N-dealkylation sites (N-methyl/N-ethyl adjacent to an activating group) is 1. The molecule has 22 heavy (non-hydrogen) atoms. The summed E-state index contributed by atoms with van der Waals surface area (Å²) in [6, 6.07) is -0.0450. The lowest BCUT2D eigenvalue weighted by atomic mass is 9.97. The van der Waals surface area contributed by atoms with Gasteiger partial charge in [0.05, 0.1) is 0 Å². The van der Waals surface area contributed by atoms with Gasteiger partial charge < -0.3 is 14.5 Å². The van der Waals surface area contributed by atoms with Gasteiger partial charge in [0.15, 0.2) is 0 Å². The maximum absolute atomic E-state index is 13.0. The Morgan fingerprint density at radius 2 is 2.00 bits per heavy atom. The number of piperidine rings is 1. The van der Waals surface area contributed by atoms with Crippen molar-refractivity contribution in [3.8, 4) is 0 Å². The summed E-state index contributed by atoms with van der Waals surface area (Å²) in [6.45, 7) is 6.40. The van der Waals surface area contributed by atoms with Crippen LogP contribution in [0.3, 0.4) is 0 Å². The second-order valence-electron chi connectivity index (χ2n) is 6.98. The zero-order valence-corrected chi connectivity index (χ0v) is 14.2. The quantitative estimate of drug-likeness (QED) is 0.781. The van der Waals surface area contributed by atoms with Gasteiger partial charge in [0, 0.05) is 39.3 Å². The highest BCUT2D eigenvalue weighted by Gasteiger charge is 2.35. The number of rotatable bonds is 5. The number of hydrogen-bond donors (Lipinski definition) is 0. The molecule has 2 fully saturated rings. The minimum absolute atomic E-state index is 0.107. The number of carbonyl (C=O) groups excluding carboxylic acids is 2. The number of likely N-dealkylation sites (tertiary alicyclic amines) is 1. The Labute approximate surface area is 134 Å². The Morgan fingerprint density at radius 3 is 2.59 bits per heavy atom. The van der Waals surface area contributed by atoms with Gasteiger partial charge in [-0.05, 0) is 38.0 Å².